The van der Waals surface area contributed by atoms with Gasteiger partial charge in [0.05, 0.1) is 0 Å². The molecule has 0 unspecified atom stereocenters. The summed E-state index contributed by atoms with van der Waals surface area (Å²) < 4.78 is 0.796. The van der Waals surface area contributed by atoms with Crippen LogP contribution in [-0.2, 0) is 19.3 Å². The molecule has 0 aliphatic heterocycles. The first-order chi connectivity index (χ1) is 8.74. The first kappa shape index (κ1) is 11.6. The van der Waals surface area contributed by atoms with E-state index in [2.05, 4.69) is 41.2 Å². The smallest absolute Gasteiger partial charge is 0.133 e. The third-order valence-corrected chi connectivity index (χ3v) is 3.96. The van der Waals surface area contributed by atoms with Crippen molar-refractivity contribution in [3.05, 3.63) is 57.1 Å². The van der Waals surface area contributed by atoms with E-state index < -0.39 is 0 Å². The summed E-state index contributed by atoms with van der Waals surface area (Å²) in [5, 5.41) is 0. The van der Waals surface area contributed by atoms with Gasteiger partial charge in [0, 0.05) is 17.7 Å². The quantitative estimate of drug-likeness (QED) is 0.833. The Morgan fingerprint density at radius 2 is 2.11 bits per heavy atom. The van der Waals surface area contributed by atoms with E-state index in [1.165, 1.54) is 28.8 Å². The maximum atomic E-state index is 5.38. The Kier molecular flexibility index (Phi) is 3.00. The molecule has 2 aromatic rings. The lowest BCUT2D eigenvalue weighted by Gasteiger charge is -2.07. The number of hydrogen-bond donors (Lipinski definition) is 1. The number of hydrogen-bond acceptors (Lipinski definition) is 2. The van der Waals surface area contributed by atoms with E-state index in [0.717, 1.165) is 29.7 Å². The second-order valence-corrected chi connectivity index (χ2v) is 5.29. The Morgan fingerprint density at radius 3 is 2.94 bits per heavy atom. The van der Waals surface area contributed by atoms with Crippen molar-refractivity contribution in [2.75, 3.05) is 0 Å². The van der Waals surface area contributed by atoms with E-state index in [1.807, 2.05) is 0 Å². The number of aromatic nitrogens is 2. The Morgan fingerprint density at radius 1 is 1.28 bits per heavy atom. The number of rotatable bonds is 2. The summed E-state index contributed by atoms with van der Waals surface area (Å²) in [7, 11) is 0. The van der Waals surface area contributed by atoms with Gasteiger partial charge in [-0.2, -0.15) is 0 Å². The molecule has 1 N–H and O–H groups in total. The number of aromatic amines is 1. The average Bonchev–Trinajstić information content (AvgIpc) is 2.81. The number of fused-ring (bicyclic) bond motifs is 1. The number of benzene rings is 1. The Balaban J connectivity index is 1.97. The highest BCUT2D eigenvalue weighted by Crippen LogP contribution is 2.21. The second-order valence-electron chi connectivity index (χ2n) is 4.90. The zero-order valence-electron chi connectivity index (χ0n) is 10.5. The predicted octanol–water partition coefficient (Wildman–Crippen LogP) is 3.53. The van der Waals surface area contributed by atoms with E-state index in [9.17, 15) is 0 Å². The van der Waals surface area contributed by atoms with Crippen LogP contribution < -0.4 is 0 Å². The van der Waals surface area contributed by atoms with Crippen molar-refractivity contribution in [3.8, 4) is 0 Å². The van der Waals surface area contributed by atoms with Crippen LogP contribution in [0.4, 0.5) is 0 Å². The van der Waals surface area contributed by atoms with E-state index in [0.29, 0.717) is 0 Å². The molecule has 1 heterocycles. The molecule has 0 atom stereocenters. The van der Waals surface area contributed by atoms with Crippen molar-refractivity contribution >= 4 is 12.2 Å². The summed E-state index contributed by atoms with van der Waals surface area (Å²) in [6, 6.07) is 8.43. The molecule has 0 amide bonds. The minimum Gasteiger partial charge on any atom is -0.347 e. The van der Waals surface area contributed by atoms with Gasteiger partial charge in [-0.05, 0) is 37.3 Å². The van der Waals surface area contributed by atoms with Crippen LogP contribution in [0.3, 0.4) is 0 Å². The molecule has 0 fully saturated rings. The van der Waals surface area contributed by atoms with Gasteiger partial charge in [0.1, 0.15) is 10.5 Å². The van der Waals surface area contributed by atoms with Gasteiger partial charge in [-0.25, -0.2) is 4.98 Å². The maximum absolute atomic E-state index is 5.38. The Labute approximate surface area is 112 Å². The molecule has 18 heavy (non-hydrogen) atoms. The monoisotopic (exact) mass is 256 g/mol. The Bertz CT molecular complexity index is 643. The predicted molar refractivity (Wildman–Crippen MR) is 75.4 cm³/mol. The van der Waals surface area contributed by atoms with Gasteiger partial charge in [-0.15, -0.1) is 0 Å². The number of aryl methyl sites for hydroxylation is 2. The molecule has 3 rings (SSSR count). The molecule has 1 aliphatic carbocycles. The fourth-order valence-corrected chi connectivity index (χ4v) is 2.92. The fourth-order valence-electron chi connectivity index (χ4n) is 2.58. The summed E-state index contributed by atoms with van der Waals surface area (Å²) in [5.74, 6) is 0.995. The molecule has 0 saturated heterocycles. The topological polar surface area (TPSA) is 28.7 Å². The van der Waals surface area contributed by atoms with Gasteiger partial charge < -0.3 is 4.98 Å². The van der Waals surface area contributed by atoms with Gasteiger partial charge >= 0.3 is 0 Å². The van der Waals surface area contributed by atoms with Gasteiger partial charge in [-0.1, -0.05) is 36.5 Å². The van der Waals surface area contributed by atoms with Crippen LogP contribution in [0.15, 0.2) is 24.3 Å². The van der Waals surface area contributed by atoms with Crippen LogP contribution in [0.1, 0.15) is 34.6 Å². The third-order valence-electron chi connectivity index (χ3n) is 3.63. The molecule has 0 radical (unpaired) electrons. The van der Waals surface area contributed by atoms with Crippen molar-refractivity contribution in [1.82, 2.24) is 9.97 Å². The maximum Gasteiger partial charge on any atom is 0.133 e. The van der Waals surface area contributed by atoms with Crippen molar-refractivity contribution in [2.24, 2.45) is 0 Å². The van der Waals surface area contributed by atoms with Crippen molar-refractivity contribution in [3.63, 3.8) is 0 Å². The summed E-state index contributed by atoms with van der Waals surface area (Å²) in [4.78, 5) is 8.00. The third kappa shape index (κ3) is 2.10. The van der Waals surface area contributed by atoms with Crippen LogP contribution in [0.2, 0.25) is 0 Å². The lowest BCUT2D eigenvalue weighted by molar-refractivity contribution is 0.883. The van der Waals surface area contributed by atoms with Crippen LogP contribution >= 0.6 is 12.2 Å². The first-order valence-electron chi connectivity index (χ1n) is 6.39. The highest BCUT2D eigenvalue weighted by molar-refractivity contribution is 7.71. The minimum atomic E-state index is 0.796. The SMILES string of the molecule is Cc1ccccc1Cc1nc(=S)c2c([nH]1)CCC2. The minimum absolute atomic E-state index is 0.796. The van der Waals surface area contributed by atoms with Gasteiger partial charge in [0.15, 0.2) is 0 Å². The number of nitrogens with one attached hydrogen (secondary N) is 1. The zero-order chi connectivity index (χ0) is 12.5. The molecule has 1 aromatic heterocycles. The molecule has 0 spiro atoms. The molecule has 0 bridgehead atoms. The van der Waals surface area contributed by atoms with Crippen molar-refractivity contribution in [1.29, 1.82) is 0 Å². The first-order valence-corrected chi connectivity index (χ1v) is 6.80. The van der Waals surface area contributed by atoms with Gasteiger partial charge in [-0.3, -0.25) is 0 Å². The molecule has 1 aromatic carbocycles. The number of H-pyrrole nitrogens is 1. The molecule has 1 aliphatic rings. The highest BCUT2D eigenvalue weighted by Gasteiger charge is 2.14. The number of nitrogens with zero attached hydrogens (tertiary/aromatic N) is 1. The zero-order valence-corrected chi connectivity index (χ0v) is 11.3. The van der Waals surface area contributed by atoms with Crippen LogP contribution in [0.5, 0.6) is 0 Å². The van der Waals surface area contributed by atoms with Crippen LogP contribution in [0.25, 0.3) is 0 Å². The van der Waals surface area contributed by atoms with E-state index in [1.54, 1.807) is 0 Å². The summed E-state index contributed by atoms with van der Waals surface area (Å²) in [6.45, 7) is 2.14. The standard InChI is InChI=1S/C15H16N2S/c1-10-5-2-3-6-11(10)9-14-16-13-8-4-7-12(13)15(18)17-14/h2-3,5-6H,4,7-9H2,1H3,(H,16,17,18). The summed E-state index contributed by atoms with van der Waals surface area (Å²) in [5.41, 5.74) is 5.19. The van der Waals surface area contributed by atoms with Crippen LogP contribution in [0, 0.1) is 11.6 Å². The Hall–Kier alpha value is -1.48. The van der Waals surface area contributed by atoms with Crippen molar-refractivity contribution in [2.45, 2.75) is 32.6 Å². The molecule has 3 heteroatoms. The highest BCUT2D eigenvalue weighted by atomic mass is 32.1. The van der Waals surface area contributed by atoms with E-state index >= 15 is 0 Å². The van der Waals surface area contributed by atoms with Gasteiger partial charge in [0.25, 0.3) is 0 Å². The second kappa shape index (κ2) is 4.65. The van der Waals surface area contributed by atoms with Crippen LogP contribution in [-0.4, -0.2) is 9.97 Å². The largest absolute Gasteiger partial charge is 0.347 e. The molecule has 0 saturated carbocycles. The average molecular weight is 256 g/mol. The van der Waals surface area contributed by atoms with Crippen molar-refractivity contribution < 1.29 is 0 Å². The lowest BCUT2D eigenvalue weighted by atomic mass is 10.1. The molecular formula is C15H16N2S. The normalized spacial score (nSPS) is 13.6. The molecule has 92 valence electrons. The van der Waals surface area contributed by atoms with Gasteiger partial charge in [0.2, 0.25) is 0 Å². The molecular weight excluding hydrogens is 240 g/mol. The fraction of sp³-hybridized carbons (Fsp3) is 0.333. The van der Waals surface area contributed by atoms with E-state index in [-0.39, 0.29) is 0 Å². The summed E-state index contributed by atoms with van der Waals surface area (Å²) >= 11 is 5.38. The van der Waals surface area contributed by atoms with E-state index in [4.69, 9.17) is 12.2 Å². The summed E-state index contributed by atoms with van der Waals surface area (Å²) in [6.07, 6.45) is 4.24. The molecule has 2 nitrogen and oxygen atoms in total. The lowest BCUT2D eigenvalue weighted by Crippen LogP contribution is -2.02.